The van der Waals surface area contributed by atoms with Gasteiger partial charge in [0.2, 0.25) is 10.0 Å². The van der Waals surface area contributed by atoms with Crippen LogP contribution in [-0.2, 0) is 23.6 Å². The fraction of sp³-hybridized carbons (Fsp3) is 0.125. The Bertz CT molecular complexity index is 1020. The Morgan fingerprint density at radius 3 is 2.56 bits per heavy atom. The molecule has 1 N–H and O–H groups in total. The maximum Gasteiger partial charge on any atom is 0.240 e. The van der Waals surface area contributed by atoms with Gasteiger partial charge in [-0.05, 0) is 29.8 Å². The van der Waals surface area contributed by atoms with E-state index in [0.29, 0.717) is 11.6 Å². The second-order valence-electron chi connectivity index (χ2n) is 5.39. The molecule has 0 saturated heterocycles. The van der Waals surface area contributed by atoms with Crippen molar-refractivity contribution >= 4 is 10.0 Å². The Labute approximate surface area is 143 Å². The maximum absolute atomic E-state index is 13.2. The molecule has 3 aromatic rings. The quantitative estimate of drug-likeness (QED) is 0.753. The molecule has 130 valence electrons. The lowest BCUT2D eigenvalue weighted by atomic mass is 10.1. The van der Waals surface area contributed by atoms with Crippen LogP contribution in [0, 0.1) is 11.6 Å². The molecule has 0 spiro atoms. The third-order valence-corrected chi connectivity index (χ3v) is 4.90. The summed E-state index contributed by atoms with van der Waals surface area (Å²) in [4.78, 5) is 3.74. The molecule has 0 fully saturated rings. The second kappa shape index (κ2) is 6.69. The number of sulfonamides is 1. The molecule has 25 heavy (non-hydrogen) atoms. The van der Waals surface area contributed by atoms with E-state index < -0.39 is 21.7 Å². The van der Waals surface area contributed by atoms with Gasteiger partial charge >= 0.3 is 0 Å². The van der Waals surface area contributed by atoms with Gasteiger partial charge in [0.25, 0.3) is 0 Å². The Morgan fingerprint density at radius 1 is 1.08 bits per heavy atom. The predicted octanol–water partition coefficient (Wildman–Crippen LogP) is 2.24. The van der Waals surface area contributed by atoms with Crippen molar-refractivity contribution in [1.29, 1.82) is 0 Å². The lowest BCUT2D eigenvalue weighted by molar-refractivity contribution is 0.504. The lowest BCUT2D eigenvalue weighted by Crippen LogP contribution is -2.23. The Morgan fingerprint density at radius 2 is 1.88 bits per heavy atom. The standard InChI is InChI=1S/C16H14F2N4O2S/c1-22-10-13(9-20-22)12-4-11(6-19-8-12)7-21-25(23,24)14-2-3-15(17)16(18)5-14/h2-6,8-10,21H,7H2,1H3. The van der Waals surface area contributed by atoms with Crippen LogP contribution in [0.5, 0.6) is 0 Å². The fourth-order valence-electron chi connectivity index (χ4n) is 2.22. The summed E-state index contributed by atoms with van der Waals surface area (Å²) in [6, 6.07) is 4.19. The van der Waals surface area contributed by atoms with Gasteiger partial charge in [-0.3, -0.25) is 9.67 Å². The van der Waals surface area contributed by atoms with Crippen LogP contribution in [0.1, 0.15) is 5.56 Å². The summed E-state index contributed by atoms with van der Waals surface area (Å²) >= 11 is 0. The zero-order valence-electron chi connectivity index (χ0n) is 13.1. The van der Waals surface area contributed by atoms with Crippen LogP contribution in [0.2, 0.25) is 0 Å². The molecule has 9 heteroatoms. The number of benzene rings is 1. The van der Waals surface area contributed by atoms with Gasteiger partial charge in [0, 0.05) is 43.3 Å². The highest BCUT2D eigenvalue weighted by Crippen LogP contribution is 2.19. The SMILES string of the molecule is Cn1cc(-c2cncc(CNS(=O)(=O)c3ccc(F)c(F)c3)c2)cn1. The number of rotatable bonds is 5. The van der Waals surface area contributed by atoms with Crippen molar-refractivity contribution in [2.24, 2.45) is 7.05 Å². The number of aromatic nitrogens is 3. The van der Waals surface area contributed by atoms with Gasteiger partial charge in [0.15, 0.2) is 11.6 Å². The number of hydrogen-bond donors (Lipinski definition) is 1. The normalized spacial score (nSPS) is 11.6. The second-order valence-corrected chi connectivity index (χ2v) is 7.15. The molecule has 0 aliphatic rings. The van der Waals surface area contributed by atoms with Crippen LogP contribution >= 0.6 is 0 Å². The molecular weight excluding hydrogens is 350 g/mol. The third kappa shape index (κ3) is 3.89. The molecule has 0 aliphatic carbocycles. The number of aryl methyl sites for hydroxylation is 1. The Balaban J connectivity index is 1.78. The Kier molecular flexibility index (Phi) is 4.60. The van der Waals surface area contributed by atoms with E-state index in [1.807, 2.05) is 6.20 Å². The van der Waals surface area contributed by atoms with Crippen molar-refractivity contribution in [2.75, 3.05) is 0 Å². The summed E-state index contributed by atoms with van der Waals surface area (Å²) in [5.74, 6) is -2.32. The zero-order chi connectivity index (χ0) is 18.0. The van der Waals surface area contributed by atoms with E-state index in [2.05, 4.69) is 14.8 Å². The molecule has 2 heterocycles. The number of nitrogens with one attached hydrogen (secondary N) is 1. The van der Waals surface area contributed by atoms with E-state index >= 15 is 0 Å². The van der Waals surface area contributed by atoms with Crippen molar-refractivity contribution in [3.8, 4) is 11.1 Å². The monoisotopic (exact) mass is 364 g/mol. The minimum absolute atomic E-state index is 0.0393. The number of nitrogens with zero attached hydrogens (tertiary/aromatic N) is 3. The summed E-state index contributed by atoms with van der Waals surface area (Å²) < 4.78 is 54.5. The molecule has 1 aromatic carbocycles. The average Bonchev–Trinajstić information content (AvgIpc) is 3.02. The number of halogens is 2. The summed E-state index contributed by atoms with van der Waals surface area (Å²) in [6.45, 7) is -0.0393. The van der Waals surface area contributed by atoms with Crippen LogP contribution in [0.3, 0.4) is 0 Å². The third-order valence-electron chi connectivity index (χ3n) is 3.50. The van der Waals surface area contributed by atoms with Crippen LogP contribution in [0.4, 0.5) is 8.78 Å². The van der Waals surface area contributed by atoms with Crippen LogP contribution < -0.4 is 4.72 Å². The van der Waals surface area contributed by atoms with Crippen LogP contribution in [0.15, 0.2) is 53.9 Å². The minimum Gasteiger partial charge on any atom is -0.275 e. The molecule has 3 rings (SSSR count). The average molecular weight is 364 g/mol. The Hall–Kier alpha value is -2.65. The first-order valence-corrected chi connectivity index (χ1v) is 8.71. The summed E-state index contributed by atoms with van der Waals surface area (Å²) in [6.07, 6.45) is 6.65. The van der Waals surface area contributed by atoms with Gasteiger partial charge in [-0.15, -0.1) is 0 Å². The van der Waals surface area contributed by atoms with Crippen LogP contribution in [-0.4, -0.2) is 23.2 Å². The van der Waals surface area contributed by atoms with Crippen molar-refractivity contribution < 1.29 is 17.2 Å². The van der Waals surface area contributed by atoms with E-state index in [4.69, 9.17) is 0 Å². The van der Waals surface area contributed by atoms with Gasteiger partial charge in [0.1, 0.15) is 0 Å². The van der Waals surface area contributed by atoms with Gasteiger partial charge < -0.3 is 0 Å². The first-order chi connectivity index (χ1) is 11.8. The summed E-state index contributed by atoms with van der Waals surface area (Å²) in [5.41, 5.74) is 2.26. The largest absolute Gasteiger partial charge is 0.275 e. The van der Waals surface area contributed by atoms with Crippen molar-refractivity contribution in [3.05, 3.63) is 66.3 Å². The number of pyridine rings is 1. The van der Waals surface area contributed by atoms with Gasteiger partial charge in [-0.25, -0.2) is 21.9 Å². The smallest absolute Gasteiger partial charge is 0.240 e. The van der Waals surface area contributed by atoms with Gasteiger partial charge in [-0.2, -0.15) is 5.10 Å². The number of hydrogen-bond acceptors (Lipinski definition) is 4. The molecule has 2 aromatic heterocycles. The first-order valence-electron chi connectivity index (χ1n) is 7.23. The summed E-state index contributed by atoms with van der Waals surface area (Å²) in [7, 11) is -2.18. The molecule has 0 amide bonds. The zero-order valence-corrected chi connectivity index (χ0v) is 14.0. The van der Waals surface area contributed by atoms with Crippen molar-refractivity contribution in [1.82, 2.24) is 19.5 Å². The van der Waals surface area contributed by atoms with E-state index in [1.54, 1.807) is 30.2 Å². The predicted molar refractivity (Wildman–Crippen MR) is 86.8 cm³/mol. The van der Waals surface area contributed by atoms with Gasteiger partial charge in [-0.1, -0.05) is 0 Å². The molecule has 0 radical (unpaired) electrons. The molecule has 0 atom stereocenters. The fourth-order valence-corrected chi connectivity index (χ4v) is 3.25. The topological polar surface area (TPSA) is 76.9 Å². The highest BCUT2D eigenvalue weighted by molar-refractivity contribution is 7.89. The first kappa shape index (κ1) is 17.2. The molecule has 0 aliphatic heterocycles. The molecule has 0 unspecified atom stereocenters. The van der Waals surface area contributed by atoms with E-state index in [1.165, 1.54) is 6.20 Å². The highest BCUT2D eigenvalue weighted by Gasteiger charge is 2.16. The van der Waals surface area contributed by atoms with E-state index in [0.717, 1.165) is 23.3 Å². The molecular formula is C16H14F2N4O2S. The van der Waals surface area contributed by atoms with Gasteiger partial charge in [0.05, 0.1) is 11.1 Å². The molecule has 0 bridgehead atoms. The highest BCUT2D eigenvalue weighted by atomic mass is 32.2. The van der Waals surface area contributed by atoms with Crippen molar-refractivity contribution in [2.45, 2.75) is 11.4 Å². The molecule has 6 nitrogen and oxygen atoms in total. The maximum atomic E-state index is 13.2. The van der Waals surface area contributed by atoms with E-state index in [-0.39, 0.29) is 11.4 Å². The van der Waals surface area contributed by atoms with Crippen LogP contribution in [0.25, 0.3) is 11.1 Å². The summed E-state index contributed by atoms with van der Waals surface area (Å²) in [5, 5.41) is 4.07. The minimum atomic E-state index is -3.97. The van der Waals surface area contributed by atoms with Crippen molar-refractivity contribution in [3.63, 3.8) is 0 Å². The lowest BCUT2D eigenvalue weighted by Gasteiger charge is -2.08. The molecule has 0 saturated carbocycles. The van der Waals surface area contributed by atoms with E-state index in [9.17, 15) is 17.2 Å².